The van der Waals surface area contributed by atoms with Gasteiger partial charge in [0.05, 0.1) is 12.9 Å². The number of hydrogen-bond acceptors (Lipinski definition) is 6. The molecule has 1 aliphatic heterocycles. The highest BCUT2D eigenvalue weighted by Crippen LogP contribution is 2.26. The molecule has 1 saturated heterocycles. The summed E-state index contributed by atoms with van der Waals surface area (Å²) in [6, 6.07) is 16.4. The number of nitrogens with zero attached hydrogens (tertiary/aromatic N) is 5. The number of piperazine rings is 1. The number of anilines is 1. The minimum Gasteiger partial charge on any atom is -0.497 e. The van der Waals surface area contributed by atoms with Crippen LogP contribution >= 0.6 is 11.8 Å². The summed E-state index contributed by atoms with van der Waals surface area (Å²) in [4.78, 5) is 17.2. The van der Waals surface area contributed by atoms with Crippen molar-refractivity contribution in [2.45, 2.75) is 32.0 Å². The van der Waals surface area contributed by atoms with Crippen LogP contribution in [0.1, 0.15) is 18.9 Å². The summed E-state index contributed by atoms with van der Waals surface area (Å²) in [5.41, 5.74) is 3.41. The van der Waals surface area contributed by atoms with Crippen molar-refractivity contribution in [1.29, 1.82) is 0 Å². The summed E-state index contributed by atoms with van der Waals surface area (Å²) >= 11 is 1.48. The van der Waals surface area contributed by atoms with Crippen molar-refractivity contribution in [1.82, 2.24) is 19.7 Å². The fourth-order valence-electron chi connectivity index (χ4n) is 4.04. The van der Waals surface area contributed by atoms with Gasteiger partial charge in [0.2, 0.25) is 5.91 Å². The lowest BCUT2D eigenvalue weighted by atomic mass is 10.1. The van der Waals surface area contributed by atoms with Crippen molar-refractivity contribution >= 4 is 23.4 Å². The van der Waals surface area contributed by atoms with Crippen LogP contribution in [0.25, 0.3) is 11.4 Å². The highest BCUT2D eigenvalue weighted by Gasteiger charge is 2.23. The SMILES string of the molecule is CCCn1c(SCC(=O)N2CCN(c3ccc(OC)cc3)CC2)nnc1-c1cccc(C)c1. The van der Waals surface area contributed by atoms with Crippen molar-refractivity contribution in [3.8, 4) is 17.1 Å². The summed E-state index contributed by atoms with van der Waals surface area (Å²) in [5, 5.41) is 9.66. The average molecular weight is 466 g/mol. The lowest BCUT2D eigenvalue weighted by molar-refractivity contribution is -0.128. The van der Waals surface area contributed by atoms with Crippen LogP contribution < -0.4 is 9.64 Å². The molecular formula is C25H31N5O2S. The molecule has 0 unspecified atom stereocenters. The Kier molecular flexibility index (Phi) is 7.54. The maximum Gasteiger partial charge on any atom is 0.233 e. The van der Waals surface area contributed by atoms with Gasteiger partial charge < -0.3 is 19.1 Å². The Morgan fingerprint density at radius 3 is 2.48 bits per heavy atom. The van der Waals surface area contributed by atoms with Crippen LogP contribution in [0.2, 0.25) is 0 Å². The quantitative estimate of drug-likeness (QED) is 0.467. The van der Waals surface area contributed by atoms with Gasteiger partial charge >= 0.3 is 0 Å². The minimum absolute atomic E-state index is 0.150. The zero-order valence-electron chi connectivity index (χ0n) is 19.5. The van der Waals surface area contributed by atoms with E-state index in [1.807, 2.05) is 23.1 Å². The molecule has 0 radical (unpaired) electrons. The number of carbonyl (C=O) groups is 1. The van der Waals surface area contributed by atoms with Crippen LogP contribution in [0.15, 0.2) is 53.7 Å². The van der Waals surface area contributed by atoms with Gasteiger partial charge in [0.25, 0.3) is 0 Å². The fourth-order valence-corrected chi connectivity index (χ4v) is 4.91. The zero-order chi connectivity index (χ0) is 23.2. The molecule has 2 heterocycles. The van der Waals surface area contributed by atoms with Crippen LogP contribution in [-0.2, 0) is 11.3 Å². The summed E-state index contributed by atoms with van der Waals surface area (Å²) in [5.74, 6) is 2.24. The van der Waals surface area contributed by atoms with E-state index in [1.54, 1.807) is 7.11 Å². The van der Waals surface area contributed by atoms with Crippen molar-refractivity contribution < 1.29 is 9.53 Å². The predicted molar refractivity (Wildman–Crippen MR) is 133 cm³/mol. The number of benzene rings is 2. The fraction of sp³-hybridized carbons (Fsp3) is 0.400. The normalized spacial score (nSPS) is 13.9. The molecule has 0 bridgehead atoms. The third-order valence-electron chi connectivity index (χ3n) is 5.84. The molecule has 33 heavy (non-hydrogen) atoms. The van der Waals surface area contributed by atoms with E-state index < -0.39 is 0 Å². The first-order valence-corrected chi connectivity index (χ1v) is 12.4. The highest BCUT2D eigenvalue weighted by atomic mass is 32.2. The van der Waals surface area contributed by atoms with Crippen LogP contribution in [0.5, 0.6) is 5.75 Å². The third-order valence-corrected chi connectivity index (χ3v) is 6.79. The second-order valence-electron chi connectivity index (χ2n) is 8.18. The molecule has 1 amide bonds. The number of carbonyl (C=O) groups excluding carboxylic acids is 1. The molecule has 1 aliphatic rings. The van der Waals surface area contributed by atoms with Gasteiger partial charge in [-0.3, -0.25) is 4.79 Å². The molecule has 0 aliphatic carbocycles. The molecular weight excluding hydrogens is 434 g/mol. The second kappa shape index (κ2) is 10.7. The monoisotopic (exact) mass is 465 g/mol. The maximum atomic E-state index is 12.9. The predicted octanol–water partition coefficient (Wildman–Crippen LogP) is 4.11. The molecule has 0 atom stereocenters. The number of hydrogen-bond donors (Lipinski definition) is 0. The Bertz CT molecular complexity index is 1070. The molecule has 8 heteroatoms. The minimum atomic E-state index is 0.150. The maximum absolute atomic E-state index is 12.9. The van der Waals surface area contributed by atoms with Crippen LogP contribution in [-0.4, -0.2) is 64.6 Å². The summed E-state index contributed by atoms with van der Waals surface area (Å²) < 4.78 is 7.37. The van der Waals surface area contributed by atoms with E-state index in [4.69, 9.17) is 4.74 Å². The average Bonchev–Trinajstić information content (AvgIpc) is 3.25. The lowest BCUT2D eigenvalue weighted by Crippen LogP contribution is -2.49. The van der Waals surface area contributed by atoms with Crippen molar-refractivity contribution in [3.63, 3.8) is 0 Å². The van der Waals surface area contributed by atoms with Crippen molar-refractivity contribution in [2.24, 2.45) is 0 Å². The van der Waals surface area contributed by atoms with E-state index >= 15 is 0 Å². The number of aryl methyl sites for hydroxylation is 1. The molecule has 3 aromatic rings. The molecule has 4 rings (SSSR count). The Morgan fingerprint density at radius 1 is 1.06 bits per heavy atom. The van der Waals surface area contributed by atoms with Crippen molar-refractivity contribution in [3.05, 3.63) is 54.1 Å². The molecule has 0 N–H and O–H groups in total. The third kappa shape index (κ3) is 5.50. The Labute approximate surface area is 199 Å². The molecule has 1 fully saturated rings. The second-order valence-corrected chi connectivity index (χ2v) is 9.12. The van der Waals surface area contributed by atoms with E-state index in [-0.39, 0.29) is 5.91 Å². The topological polar surface area (TPSA) is 63.5 Å². The summed E-state index contributed by atoms with van der Waals surface area (Å²) in [7, 11) is 1.67. The Morgan fingerprint density at radius 2 is 1.82 bits per heavy atom. The van der Waals surface area contributed by atoms with E-state index in [0.717, 1.165) is 67.1 Å². The lowest BCUT2D eigenvalue weighted by Gasteiger charge is -2.36. The van der Waals surface area contributed by atoms with E-state index in [0.29, 0.717) is 5.75 Å². The first-order chi connectivity index (χ1) is 16.1. The molecule has 0 spiro atoms. The van der Waals surface area contributed by atoms with E-state index in [1.165, 1.54) is 17.3 Å². The summed E-state index contributed by atoms with van der Waals surface area (Å²) in [6.45, 7) is 8.14. The van der Waals surface area contributed by atoms with Gasteiger partial charge in [0.15, 0.2) is 11.0 Å². The molecule has 2 aromatic carbocycles. The summed E-state index contributed by atoms with van der Waals surface area (Å²) in [6.07, 6.45) is 0.978. The molecule has 0 saturated carbocycles. The molecule has 174 valence electrons. The van der Waals surface area contributed by atoms with Crippen LogP contribution in [0.3, 0.4) is 0 Å². The molecule has 7 nitrogen and oxygen atoms in total. The zero-order valence-corrected chi connectivity index (χ0v) is 20.3. The van der Waals surface area contributed by atoms with Gasteiger partial charge in [-0.25, -0.2) is 0 Å². The number of amides is 1. The number of thioether (sulfide) groups is 1. The van der Waals surface area contributed by atoms with Gasteiger partial charge in [-0.15, -0.1) is 10.2 Å². The Hall–Kier alpha value is -3.00. The van der Waals surface area contributed by atoms with Gasteiger partial charge in [0.1, 0.15) is 5.75 Å². The first-order valence-electron chi connectivity index (χ1n) is 11.4. The van der Waals surface area contributed by atoms with Crippen LogP contribution in [0, 0.1) is 6.92 Å². The van der Waals surface area contributed by atoms with Gasteiger partial charge in [-0.1, -0.05) is 42.4 Å². The van der Waals surface area contributed by atoms with Gasteiger partial charge in [-0.05, 0) is 43.7 Å². The number of aromatic nitrogens is 3. The standard InChI is InChI=1S/C25H31N5O2S/c1-4-12-30-24(20-7-5-6-19(2)17-20)26-27-25(30)33-18-23(31)29-15-13-28(14-16-29)21-8-10-22(32-3)11-9-21/h5-11,17H,4,12-16,18H2,1-3H3. The smallest absolute Gasteiger partial charge is 0.233 e. The molecule has 1 aromatic heterocycles. The van der Waals surface area contributed by atoms with E-state index in [9.17, 15) is 4.79 Å². The first kappa shape index (κ1) is 23.2. The van der Waals surface area contributed by atoms with E-state index in [2.05, 4.69) is 63.8 Å². The number of methoxy groups -OCH3 is 1. The number of ether oxygens (including phenoxy) is 1. The largest absolute Gasteiger partial charge is 0.497 e. The van der Waals surface area contributed by atoms with Crippen molar-refractivity contribution in [2.75, 3.05) is 43.9 Å². The van der Waals surface area contributed by atoms with Gasteiger partial charge in [0, 0.05) is 44.0 Å². The Balaban J connectivity index is 1.35. The number of rotatable bonds is 8. The van der Waals surface area contributed by atoms with Crippen LogP contribution in [0.4, 0.5) is 5.69 Å². The highest BCUT2D eigenvalue weighted by molar-refractivity contribution is 7.99. The van der Waals surface area contributed by atoms with Gasteiger partial charge in [-0.2, -0.15) is 0 Å².